The van der Waals surface area contributed by atoms with Gasteiger partial charge in [-0.3, -0.25) is 9.36 Å². The van der Waals surface area contributed by atoms with Gasteiger partial charge in [-0.1, -0.05) is 71.5 Å². The largest absolute Gasteiger partial charge is 0.493 e. The third-order valence-electron chi connectivity index (χ3n) is 6.41. The molecule has 0 saturated heterocycles. The summed E-state index contributed by atoms with van der Waals surface area (Å²) in [5.41, 5.74) is 2.16. The third kappa shape index (κ3) is 5.59. The number of carbonyl (C=O) groups excluding carboxylic acids is 2. The Hall–Kier alpha value is -4.47. The number of halogens is 1. The second kappa shape index (κ2) is 12.0. The maximum Gasteiger partial charge on any atom is 0.345 e. The first-order valence-corrected chi connectivity index (χ1v) is 13.9. The van der Waals surface area contributed by atoms with Crippen molar-refractivity contribution < 1.29 is 23.8 Å². The van der Waals surface area contributed by atoms with Crippen molar-refractivity contribution in [2.45, 2.75) is 19.9 Å². The SMILES string of the molecule is CCOC(=O)C1=C(C)N=c2s/c(=C\c3ccc(OC(=O)c4ccccc4Cl)c(OC)c3)c(=O)n2[C@H]1c1ccccc1. The molecule has 0 fully saturated rings. The fourth-order valence-electron chi connectivity index (χ4n) is 4.53. The van der Waals surface area contributed by atoms with Crippen LogP contribution >= 0.6 is 22.9 Å². The molecule has 0 N–H and O–H groups in total. The fourth-order valence-corrected chi connectivity index (χ4v) is 5.79. The molecule has 1 aromatic heterocycles. The molecule has 0 spiro atoms. The van der Waals surface area contributed by atoms with Crippen LogP contribution in [-0.4, -0.2) is 30.2 Å². The molecule has 2 heterocycles. The number of allylic oxidation sites excluding steroid dienone is 1. The van der Waals surface area contributed by atoms with Gasteiger partial charge in [-0.15, -0.1) is 0 Å². The van der Waals surface area contributed by atoms with Crippen molar-refractivity contribution in [1.82, 2.24) is 4.57 Å². The summed E-state index contributed by atoms with van der Waals surface area (Å²) in [6, 6.07) is 20.2. The zero-order valence-corrected chi connectivity index (χ0v) is 24.0. The van der Waals surface area contributed by atoms with Crippen molar-refractivity contribution in [3.63, 3.8) is 0 Å². The first kappa shape index (κ1) is 28.1. The van der Waals surface area contributed by atoms with Crippen LogP contribution in [0.5, 0.6) is 11.5 Å². The average molecular weight is 589 g/mol. The maximum absolute atomic E-state index is 13.8. The Morgan fingerprint density at radius 3 is 2.46 bits per heavy atom. The molecule has 1 aliphatic rings. The van der Waals surface area contributed by atoms with Crippen LogP contribution in [0.15, 0.2) is 93.9 Å². The number of carbonyl (C=O) groups is 2. The van der Waals surface area contributed by atoms with Gasteiger partial charge in [0.2, 0.25) is 0 Å². The summed E-state index contributed by atoms with van der Waals surface area (Å²) in [7, 11) is 1.46. The second-order valence-corrected chi connectivity index (χ2v) is 10.4. The van der Waals surface area contributed by atoms with E-state index in [1.165, 1.54) is 23.0 Å². The number of nitrogens with zero attached hydrogens (tertiary/aromatic N) is 2. The standard InChI is InChI=1S/C31H25ClN2O6S/c1-4-39-30(37)26-18(2)33-31-34(27(26)20-10-6-5-7-11-20)28(35)25(41-31)17-19-14-15-23(24(16-19)38-3)40-29(36)21-12-8-9-13-22(21)32/h5-17,27H,4H2,1-3H3/b25-17-/t27-/m0/s1. The van der Waals surface area contributed by atoms with Crippen molar-refractivity contribution in [2.24, 2.45) is 4.99 Å². The van der Waals surface area contributed by atoms with Gasteiger partial charge in [-0.2, -0.15) is 0 Å². The molecule has 0 aliphatic carbocycles. The molecule has 41 heavy (non-hydrogen) atoms. The molecule has 0 saturated carbocycles. The van der Waals surface area contributed by atoms with E-state index in [4.69, 9.17) is 25.8 Å². The van der Waals surface area contributed by atoms with E-state index in [1.807, 2.05) is 30.3 Å². The number of thiazole rings is 1. The first-order chi connectivity index (χ1) is 19.8. The molecule has 0 amide bonds. The summed E-state index contributed by atoms with van der Waals surface area (Å²) in [6.45, 7) is 3.68. The van der Waals surface area contributed by atoms with Crippen LogP contribution in [0.2, 0.25) is 5.02 Å². The van der Waals surface area contributed by atoms with E-state index in [9.17, 15) is 14.4 Å². The normalized spacial score (nSPS) is 14.7. The number of esters is 2. The van der Waals surface area contributed by atoms with Crippen LogP contribution in [0.4, 0.5) is 0 Å². The Morgan fingerprint density at radius 1 is 1.02 bits per heavy atom. The summed E-state index contributed by atoms with van der Waals surface area (Å²) in [5.74, 6) is -0.628. The smallest absolute Gasteiger partial charge is 0.345 e. The number of hydrogen-bond acceptors (Lipinski definition) is 8. The van der Waals surface area contributed by atoms with Gasteiger partial charge in [0.1, 0.15) is 0 Å². The summed E-state index contributed by atoms with van der Waals surface area (Å²) < 4.78 is 18.3. The van der Waals surface area contributed by atoms with Crippen molar-refractivity contribution in [2.75, 3.05) is 13.7 Å². The number of methoxy groups -OCH3 is 1. The third-order valence-corrected chi connectivity index (χ3v) is 7.73. The summed E-state index contributed by atoms with van der Waals surface area (Å²) in [6.07, 6.45) is 1.71. The van der Waals surface area contributed by atoms with E-state index in [0.717, 1.165) is 5.56 Å². The summed E-state index contributed by atoms with van der Waals surface area (Å²) in [5, 5.41) is 0.276. The molecule has 208 valence electrons. The molecule has 4 aromatic rings. The summed E-state index contributed by atoms with van der Waals surface area (Å²) >= 11 is 7.34. The lowest BCUT2D eigenvalue weighted by Crippen LogP contribution is -2.39. The number of benzene rings is 3. The van der Waals surface area contributed by atoms with Crippen molar-refractivity contribution in [3.8, 4) is 11.5 Å². The van der Waals surface area contributed by atoms with Gasteiger partial charge < -0.3 is 14.2 Å². The Balaban J connectivity index is 1.55. The lowest BCUT2D eigenvalue weighted by molar-refractivity contribution is -0.139. The topological polar surface area (TPSA) is 96.2 Å². The molecule has 1 aliphatic heterocycles. The fraction of sp³-hybridized carbons (Fsp3) is 0.161. The minimum Gasteiger partial charge on any atom is -0.493 e. The van der Waals surface area contributed by atoms with Gasteiger partial charge in [-0.05, 0) is 55.3 Å². The van der Waals surface area contributed by atoms with E-state index in [-0.39, 0.29) is 28.5 Å². The first-order valence-electron chi connectivity index (χ1n) is 12.7. The highest BCUT2D eigenvalue weighted by atomic mass is 35.5. The highest BCUT2D eigenvalue weighted by Crippen LogP contribution is 2.31. The minimum absolute atomic E-state index is 0.201. The van der Waals surface area contributed by atoms with Crippen molar-refractivity contribution >= 4 is 41.0 Å². The van der Waals surface area contributed by atoms with Crippen LogP contribution in [0, 0.1) is 0 Å². The molecule has 5 rings (SSSR count). The lowest BCUT2D eigenvalue weighted by atomic mass is 9.96. The van der Waals surface area contributed by atoms with Crippen LogP contribution in [0.25, 0.3) is 6.08 Å². The van der Waals surface area contributed by atoms with E-state index >= 15 is 0 Å². The maximum atomic E-state index is 13.8. The Bertz CT molecular complexity index is 1860. The van der Waals surface area contributed by atoms with Gasteiger partial charge in [0.25, 0.3) is 5.56 Å². The number of rotatable bonds is 7. The highest BCUT2D eigenvalue weighted by Gasteiger charge is 2.33. The minimum atomic E-state index is -0.685. The highest BCUT2D eigenvalue weighted by molar-refractivity contribution is 7.07. The molecular formula is C31H25ClN2O6S. The number of hydrogen-bond donors (Lipinski definition) is 0. The Labute approximate surface area is 244 Å². The van der Waals surface area contributed by atoms with Gasteiger partial charge >= 0.3 is 11.9 Å². The van der Waals surface area contributed by atoms with E-state index in [2.05, 4.69) is 4.99 Å². The molecule has 1 atom stereocenters. The molecule has 10 heteroatoms. The number of aromatic nitrogens is 1. The van der Waals surface area contributed by atoms with Gasteiger partial charge in [0, 0.05) is 0 Å². The molecule has 0 radical (unpaired) electrons. The Morgan fingerprint density at radius 2 is 1.76 bits per heavy atom. The monoisotopic (exact) mass is 588 g/mol. The summed E-state index contributed by atoms with van der Waals surface area (Å²) in [4.78, 5) is 44.5. The van der Waals surface area contributed by atoms with Crippen molar-refractivity contribution in [1.29, 1.82) is 0 Å². The van der Waals surface area contributed by atoms with Gasteiger partial charge in [0.05, 0.1) is 46.1 Å². The average Bonchev–Trinajstić information content (AvgIpc) is 3.27. The van der Waals surface area contributed by atoms with E-state index < -0.39 is 18.0 Å². The van der Waals surface area contributed by atoms with E-state index in [1.54, 1.807) is 62.4 Å². The van der Waals surface area contributed by atoms with Crippen LogP contribution in [0.1, 0.15) is 41.4 Å². The Kier molecular flexibility index (Phi) is 8.19. The van der Waals surface area contributed by atoms with Crippen molar-refractivity contribution in [3.05, 3.63) is 125 Å². The zero-order valence-electron chi connectivity index (χ0n) is 22.4. The molecule has 0 unspecified atom stereocenters. The predicted molar refractivity (Wildman–Crippen MR) is 156 cm³/mol. The van der Waals surface area contributed by atoms with Crippen LogP contribution < -0.4 is 24.4 Å². The van der Waals surface area contributed by atoms with E-state index in [0.29, 0.717) is 31.9 Å². The zero-order chi connectivity index (χ0) is 29.1. The molecular weight excluding hydrogens is 564 g/mol. The van der Waals surface area contributed by atoms with Crippen LogP contribution in [0.3, 0.4) is 0 Å². The molecule has 3 aromatic carbocycles. The predicted octanol–water partition coefficient (Wildman–Crippen LogP) is 4.68. The molecule has 8 nitrogen and oxygen atoms in total. The number of fused-ring (bicyclic) bond motifs is 1. The second-order valence-electron chi connectivity index (χ2n) is 8.99. The van der Waals surface area contributed by atoms with Crippen LogP contribution in [-0.2, 0) is 9.53 Å². The molecule has 0 bridgehead atoms. The van der Waals surface area contributed by atoms with Gasteiger partial charge in [-0.25, -0.2) is 14.6 Å². The quantitative estimate of drug-likeness (QED) is 0.230. The number of ether oxygens (including phenoxy) is 3. The lowest BCUT2D eigenvalue weighted by Gasteiger charge is -2.24. The van der Waals surface area contributed by atoms with Gasteiger partial charge in [0.15, 0.2) is 16.3 Å².